The average Bonchev–Trinajstić information content (AvgIpc) is 3.17. The molecule has 0 saturated carbocycles. The summed E-state index contributed by atoms with van der Waals surface area (Å²) < 4.78 is 0. The number of likely N-dealkylation sites (tertiary alicyclic amines) is 1. The van der Waals surface area contributed by atoms with Crippen molar-refractivity contribution in [3.05, 3.63) is 45.9 Å². The average molecular weight is 317 g/mol. The molecule has 0 aliphatic carbocycles. The summed E-state index contributed by atoms with van der Waals surface area (Å²) in [6.07, 6.45) is 4.23. The maximum atomic E-state index is 12.2. The van der Waals surface area contributed by atoms with Gasteiger partial charge in [0.2, 0.25) is 0 Å². The molecule has 0 aromatic carbocycles. The number of carbonyl (C=O) groups excluding carboxylic acids is 1. The van der Waals surface area contributed by atoms with Crippen LogP contribution in [0.5, 0.6) is 0 Å². The van der Waals surface area contributed by atoms with Crippen LogP contribution >= 0.6 is 11.3 Å². The summed E-state index contributed by atoms with van der Waals surface area (Å²) in [5, 5.41) is 5.23. The van der Waals surface area contributed by atoms with E-state index in [1.54, 1.807) is 0 Å². The molecular formula is C17H23N3OS. The van der Waals surface area contributed by atoms with Crippen LogP contribution in [0.2, 0.25) is 0 Å². The topological polar surface area (TPSA) is 48.1 Å². The van der Waals surface area contributed by atoms with E-state index in [0.29, 0.717) is 5.92 Å². The molecule has 1 unspecified atom stereocenters. The highest BCUT2D eigenvalue weighted by Gasteiger charge is 2.21. The Morgan fingerprint density at radius 1 is 1.50 bits per heavy atom. The number of hydrogen-bond donors (Lipinski definition) is 2. The van der Waals surface area contributed by atoms with Gasteiger partial charge in [0, 0.05) is 36.4 Å². The number of amides is 1. The number of nitrogens with zero attached hydrogens (tertiary/aromatic N) is 1. The number of carbonyl (C=O) groups is 1. The number of rotatable bonds is 5. The molecular weight excluding hydrogens is 294 g/mol. The van der Waals surface area contributed by atoms with Gasteiger partial charge in [-0.2, -0.15) is 0 Å². The summed E-state index contributed by atoms with van der Waals surface area (Å²) in [5.41, 5.74) is 1.69. The molecule has 0 spiro atoms. The quantitative estimate of drug-likeness (QED) is 0.890. The molecule has 1 aliphatic heterocycles. The molecule has 1 atom stereocenters. The summed E-state index contributed by atoms with van der Waals surface area (Å²) in [4.78, 5) is 19.1. The van der Waals surface area contributed by atoms with Crippen molar-refractivity contribution in [2.45, 2.75) is 26.3 Å². The number of hydrogen-bond acceptors (Lipinski definition) is 3. The minimum Gasteiger partial charge on any atom is -0.365 e. The van der Waals surface area contributed by atoms with E-state index in [-0.39, 0.29) is 5.91 Å². The maximum Gasteiger partial charge on any atom is 0.253 e. The Balaban J connectivity index is 1.48. The number of aromatic nitrogens is 1. The van der Waals surface area contributed by atoms with E-state index in [9.17, 15) is 4.79 Å². The lowest BCUT2D eigenvalue weighted by Gasteiger charge is -2.32. The van der Waals surface area contributed by atoms with E-state index in [0.717, 1.165) is 30.9 Å². The minimum absolute atomic E-state index is 0.0362. The molecule has 0 radical (unpaired) electrons. The van der Waals surface area contributed by atoms with E-state index in [1.165, 1.54) is 24.3 Å². The number of aryl methyl sites for hydroxylation is 1. The number of nitrogens with one attached hydrogen (secondary N) is 2. The molecule has 3 heterocycles. The Kier molecular flexibility index (Phi) is 4.95. The fourth-order valence-corrected chi connectivity index (χ4v) is 3.86. The van der Waals surface area contributed by atoms with E-state index >= 15 is 0 Å². The highest BCUT2D eigenvalue weighted by atomic mass is 32.1. The molecule has 3 rings (SSSR count). The zero-order valence-electron chi connectivity index (χ0n) is 13.0. The molecule has 1 amide bonds. The summed E-state index contributed by atoms with van der Waals surface area (Å²) in [5.74, 6) is 0.589. The molecule has 118 valence electrons. The molecule has 1 aliphatic rings. The smallest absolute Gasteiger partial charge is 0.253 e. The maximum absolute atomic E-state index is 12.2. The van der Waals surface area contributed by atoms with Gasteiger partial charge in [-0.25, -0.2) is 0 Å². The van der Waals surface area contributed by atoms with Crippen LogP contribution in [0, 0.1) is 12.8 Å². The van der Waals surface area contributed by atoms with Crippen LogP contribution in [0.1, 0.15) is 33.8 Å². The van der Waals surface area contributed by atoms with Gasteiger partial charge in [0.15, 0.2) is 0 Å². The molecule has 2 aromatic heterocycles. The number of piperidine rings is 1. The summed E-state index contributed by atoms with van der Waals surface area (Å²) >= 11 is 1.82. The second kappa shape index (κ2) is 7.11. The molecule has 0 bridgehead atoms. The van der Waals surface area contributed by atoms with Gasteiger partial charge >= 0.3 is 0 Å². The fraction of sp³-hybridized carbons (Fsp3) is 0.471. The van der Waals surface area contributed by atoms with Gasteiger partial charge in [-0.1, -0.05) is 6.07 Å². The van der Waals surface area contributed by atoms with Crippen molar-refractivity contribution in [1.29, 1.82) is 0 Å². The Hall–Kier alpha value is -1.59. The van der Waals surface area contributed by atoms with Crippen LogP contribution in [0.15, 0.2) is 29.8 Å². The van der Waals surface area contributed by atoms with Crippen molar-refractivity contribution in [2.24, 2.45) is 5.92 Å². The van der Waals surface area contributed by atoms with Crippen molar-refractivity contribution in [1.82, 2.24) is 15.2 Å². The first-order valence-electron chi connectivity index (χ1n) is 7.89. The van der Waals surface area contributed by atoms with Crippen LogP contribution in [-0.2, 0) is 6.54 Å². The Bertz CT molecular complexity index is 605. The van der Waals surface area contributed by atoms with Gasteiger partial charge < -0.3 is 10.3 Å². The molecule has 22 heavy (non-hydrogen) atoms. The van der Waals surface area contributed by atoms with Crippen molar-refractivity contribution in [3.63, 3.8) is 0 Å². The Morgan fingerprint density at radius 2 is 2.41 bits per heavy atom. The van der Waals surface area contributed by atoms with Crippen molar-refractivity contribution < 1.29 is 4.79 Å². The number of thiophene rings is 1. The van der Waals surface area contributed by atoms with Crippen LogP contribution in [0.25, 0.3) is 0 Å². The SMILES string of the molecule is Cc1[nH]ccc1C(=O)NCC1CCCN(Cc2cccs2)C1. The van der Waals surface area contributed by atoms with E-state index < -0.39 is 0 Å². The van der Waals surface area contributed by atoms with Crippen LogP contribution in [0.4, 0.5) is 0 Å². The predicted molar refractivity (Wildman–Crippen MR) is 90.2 cm³/mol. The van der Waals surface area contributed by atoms with Crippen LogP contribution < -0.4 is 5.32 Å². The number of H-pyrrole nitrogens is 1. The summed E-state index contributed by atoms with van der Waals surface area (Å²) in [7, 11) is 0. The zero-order valence-corrected chi connectivity index (χ0v) is 13.8. The van der Waals surface area contributed by atoms with Gasteiger partial charge in [0.05, 0.1) is 5.56 Å². The molecule has 1 fully saturated rings. The lowest BCUT2D eigenvalue weighted by molar-refractivity contribution is 0.0930. The standard InChI is InChI=1S/C17H23N3OS/c1-13-16(6-7-18-13)17(21)19-10-14-4-2-8-20(11-14)12-15-5-3-9-22-15/h3,5-7,9,14,18H,2,4,8,10-12H2,1H3,(H,19,21). The normalized spacial score (nSPS) is 19.2. The highest BCUT2D eigenvalue weighted by Crippen LogP contribution is 2.20. The van der Waals surface area contributed by atoms with E-state index in [2.05, 4.69) is 32.7 Å². The molecule has 1 saturated heterocycles. The van der Waals surface area contributed by atoms with Crippen molar-refractivity contribution in [2.75, 3.05) is 19.6 Å². The Morgan fingerprint density at radius 3 is 3.14 bits per heavy atom. The largest absolute Gasteiger partial charge is 0.365 e. The second-order valence-corrected chi connectivity index (χ2v) is 7.08. The van der Waals surface area contributed by atoms with Gasteiger partial charge in [0.1, 0.15) is 0 Å². The van der Waals surface area contributed by atoms with Crippen molar-refractivity contribution in [3.8, 4) is 0 Å². The lowest BCUT2D eigenvalue weighted by Crippen LogP contribution is -2.40. The predicted octanol–water partition coefficient (Wildman–Crippen LogP) is 3.03. The fourth-order valence-electron chi connectivity index (χ4n) is 3.12. The van der Waals surface area contributed by atoms with E-state index in [4.69, 9.17) is 0 Å². The first kappa shape index (κ1) is 15.3. The van der Waals surface area contributed by atoms with Gasteiger partial charge in [0.25, 0.3) is 5.91 Å². The van der Waals surface area contributed by atoms with Gasteiger partial charge in [-0.3, -0.25) is 9.69 Å². The molecule has 2 aromatic rings. The van der Waals surface area contributed by atoms with E-state index in [1.807, 2.05) is 30.5 Å². The summed E-state index contributed by atoms with van der Waals surface area (Å²) in [6.45, 7) is 5.98. The minimum atomic E-state index is 0.0362. The monoisotopic (exact) mass is 317 g/mol. The molecule has 5 heteroatoms. The molecule has 4 nitrogen and oxygen atoms in total. The zero-order chi connectivity index (χ0) is 15.4. The first-order valence-corrected chi connectivity index (χ1v) is 8.77. The third kappa shape index (κ3) is 3.78. The second-order valence-electron chi connectivity index (χ2n) is 6.05. The van der Waals surface area contributed by atoms with Crippen LogP contribution in [-0.4, -0.2) is 35.4 Å². The Labute approximate surface area is 135 Å². The first-order chi connectivity index (χ1) is 10.7. The third-order valence-electron chi connectivity index (χ3n) is 4.31. The number of aromatic amines is 1. The van der Waals surface area contributed by atoms with Crippen molar-refractivity contribution >= 4 is 17.2 Å². The third-order valence-corrected chi connectivity index (χ3v) is 5.17. The lowest BCUT2D eigenvalue weighted by atomic mass is 9.98. The van der Waals surface area contributed by atoms with Crippen LogP contribution in [0.3, 0.4) is 0 Å². The van der Waals surface area contributed by atoms with Gasteiger partial charge in [-0.15, -0.1) is 11.3 Å². The highest BCUT2D eigenvalue weighted by molar-refractivity contribution is 7.09. The summed E-state index contributed by atoms with van der Waals surface area (Å²) in [6, 6.07) is 6.15. The molecule has 2 N–H and O–H groups in total. The van der Waals surface area contributed by atoms with Gasteiger partial charge in [-0.05, 0) is 49.7 Å².